The first-order valence-corrected chi connectivity index (χ1v) is 11.4. The van der Waals surface area contributed by atoms with Crippen LogP contribution in [0.5, 0.6) is 0 Å². The Balaban J connectivity index is 1.24. The van der Waals surface area contributed by atoms with E-state index in [1.54, 1.807) is 11.1 Å². The molecule has 3 aliphatic rings. The third kappa shape index (κ3) is 3.78. The monoisotopic (exact) mass is 435 g/mol. The molecule has 8 heteroatoms. The number of hydrogen-bond donors (Lipinski definition) is 0. The lowest BCUT2D eigenvalue weighted by atomic mass is 10.1. The predicted molar refractivity (Wildman–Crippen MR) is 121 cm³/mol. The highest BCUT2D eigenvalue weighted by Gasteiger charge is 2.33. The summed E-state index contributed by atoms with van der Waals surface area (Å²) in [5, 5.41) is 0. The number of rotatable bonds is 4. The summed E-state index contributed by atoms with van der Waals surface area (Å²) in [4.78, 5) is 40.0. The van der Waals surface area contributed by atoms with Crippen molar-refractivity contribution in [1.29, 1.82) is 0 Å². The van der Waals surface area contributed by atoms with Crippen molar-refractivity contribution < 1.29 is 14.3 Å². The van der Waals surface area contributed by atoms with E-state index in [0.29, 0.717) is 37.0 Å². The largest absolute Gasteiger partial charge is 0.447 e. The molecule has 2 aromatic heterocycles. The number of ether oxygens (including phenoxy) is 1. The second-order valence-electron chi connectivity index (χ2n) is 9.12. The minimum atomic E-state index is -0.391. The quantitative estimate of drug-likeness (QED) is 0.733. The fourth-order valence-electron chi connectivity index (χ4n) is 4.61. The maximum Gasteiger partial charge on any atom is 0.415 e. The van der Waals surface area contributed by atoms with Crippen molar-refractivity contribution in [3.05, 3.63) is 46.8 Å². The Kier molecular flexibility index (Phi) is 5.23. The van der Waals surface area contributed by atoms with Gasteiger partial charge in [-0.1, -0.05) is 6.07 Å². The lowest BCUT2D eigenvalue weighted by molar-refractivity contribution is 0.0746. The normalized spacial score (nSPS) is 21.2. The molecule has 3 fully saturated rings. The summed E-state index contributed by atoms with van der Waals surface area (Å²) in [6, 6.07) is 4.01. The van der Waals surface area contributed by atoms with E-state index in [0.717, 1.165) is 24.5 Å². The number of aromatic nitrogens is 2. The van der Waals surface area contributed by atoms with E-state index in [1.807, 2.05) is 31.0 Å². The molecular formula is C24H29N5O3. The van der Waals surface area contributed by atoms with Crippen molar-refractivity contribution in [1.82, 2.24) is 14.9 Å². The Morgan fingerprint density at radius 1 is 1.00 bits per heavy atom. The molecule has 4 heterocycles. The Hall–Kier alpha value is -3.16. The summed E-state index contributed by atoms with van der Waals surface area (Å²) in [5.74, 6) is 2.25. The van der Waals surface area contributed by atoms with Gasteiger partial charge in [-0.05, 0) is 62.3 Å². The molecule has 0 radical (unpaired) electrons. The van der Waals surface area contributed by atoms with Gasteiger partial charge in [0.15, 0.2) is 0 Å². The third-order valence-electron chi connectivity index (χ3n) is 6.60. The molecule has 0 aromatic carbocycles. The second kappa shape index (κ2) is 8.07. The molecule has 8 nitrogen and oxygen atoms in total. The van der Waals surface area contributed by atoms with E-state index in [-0.39, 0.29) is 11.9 Å². The third-order valence-corrected chi connectivity index (χ3v) is 6.60. The SMILES string of the molecule is Cc1cc(C2CC2)cnc1N1CCN(C(=O)c2cnc(N3C(=O)OC[C@H]3C)c(C)c2)CC1. The molecule has 0 spiro atoms. The van der Waals surface area contributed by atoms with Crippen LogP contribution in [0.2, 0.25) is 0 Å². The van der Waals surface area contributed by atoms with Gasteiger partial charge in [-0.15, -0.1) is 0 Å². The predicted octanol–water partition coefficient (Wildman–Crippen LogP) is 3.28. The Morgan fingerprint density at radius 2 is 1.69 bits per heavy atom. The Labute approximate surface area is 188 Å². The van der Waals surface area contributed by atoms with E-state index in [4.69, 9.17) is 9.72 Å². The summed E-state index contributed by atoms with van der Waals surface area (Å²) in [5.41, 5.74) is 3.89. The van der Waals surface area contributed by atoms with Crippen LogP contribution in [0, 0.1) is 13.8 Å². The number of amides is 2. The standard InChI is InChI=1S/C24H29N5O3/c1-15-10-19(18-4-5-18)12-25-21(15)27-6-8-28(9-7-27)23(30)20-11-16(2)22(26-13-20)29-17(3)14-32-24(29)31/h10-13,17-18H,4-9,14H2,1-3H3/t17-/m1/s1. The van der Waals surface area contributed by atoms with Crippen LogP contribution >= 0.6 is 0 Å². The molecule has 32 heavy (non-hydrogen) atoms. The van der Waals surface area contributed by atoms with Crippen LogP contribution in [-0.2, 0) is 4.74 Å². The zero-order valence-corrected chi connectivity index (χ0v) is 18.9. The maximum atomic E-state index is 13.1. The molecule has 1 atom stereocenters. The van der Waals surface area contributed by atoms with Gasteiger partial charge in [0.05, 0.1) is 11.6 Å². The van der Waals surface area contributed by atoms with E-state index < -0.39 is 6.09 Å². The van der Waals surface area contributed by atoms with Crippen molar-refractivity contribution in [3.8, 4) is 0 Å². The fraction of sp³-hybridized carbons (Fsp3) is 0.500. The molecule has 1 saturated carbocycles. The maximum absolute atomic E-state index is 13.1. The van der Waals surface area contributed by atoms with Crippen LogP contribution in [-0.4, -0.2) is 65.7 Å². The van der Waals surface area contributed by atoms with Crippen LogP contribution in [0.4, 0.5) is 16.4 Å². The molecule has 2 aliphatic heterocycles. The van der Waals surface area contributed by atoms with E-state index in [2.05, 4.69) is 22.9 Å². The molecule has 0 unspecified atom stereocenters. The Morgan fingerprint density at radius 3 is 2.28 bits per heavy atom. The number of cyclic esters (lactones) is 1. The van der Waals surface area contributed by atoms with Gasteiger partial charge in [0.1, 0.15) is 18.2 Å². The van der Waals surface area contributed by atoms with Gasteiger partial charge in [-0.25, -0.2) is 14.8 Å². The molecule has 0 bridgehead atoms. The van der Waals surface area contributed by atoms with Gasteiger partial charge in [-0.2, -0.15) is 0 Å². The average molecular weight is 436 g/mol. The number of nitrogens with zero attached hydrogens (tertiary/aromatic N) is 5. The van der Waals surface area contributed by atoms with Crippen LogP contribution in [0.3, 0.4) is 0 Å². The minimum Gasteiger partial charge on any atom is -0.447 e. The zero-order valence-electron chi connectivity index (χ0n) is 18.9. The van der Waals surface area contributed by atoms with Gasteiger partial charge >= 0.3 is 6.09 Å². The number of piperazine rings is 1. The first kappa shape index (κ1) is 20.7. The number of hydrogen-bond acceptors (Lipinski definition) is 6. The van der Waals surface area contributed by atoms with Crippen molar-refractivity contribution in [2.75, 3.05) is 42.6 Å². The number of anilines is 2. The van der Waals surface area contributed by atoms with E-state index >= 15 is 0 Å². The first-order valence-electron chi connectivity index (χ1n) is 11.4. The van der Waals surface area contributed by atoms with E-state index in [1.165, 1.54) is 24.0 Å². The van der Waals surface area contributed by atoms with Crippen molar-refractivity contribution >= 4 is 23.6 Å². The van der Waals surface area contributed by atoms with E-state index in [9.17, 15) is 9.59 Å². The molecule has 2 amide bonds. The second-order valence-corrected chi connectivity index (χ2v) is 9.12. The number of carbonyl (C=O) groups excluding carboxylic acids is 2. The lowest BCUT2D eigenvalue weighted by Crippen LogP contribution is -2.49. The molecule has 2 saturated heterocycles. The molecule has 5 rings (SSSR count). The number of pyridine rings is 2. The highest BCUT2D eigenvalue weighted by molar-refractivity contribution is 5.95. The summed E-state index contributed by atoms with van der Waals surface area (Å²) >= 11 is 0. The van der Waals surface area contributed by atoms with Crippen LogP contribution in [0.1, 0.15) is 52.7 Å². The number of carbonyl (C=O) groups is 2. The Bertz CT molecular complexity index is 1060. The first-order chi connectivity index (χ1) is 15.4. The number of aryl methyl sites for hydroxylation is 2. The van der Waals surface area contributed by atoms with Crippen LogP contribution in [0.25, 0.3) is 0 Å². The lowest BCUT2D eigenvalue weighted by Gasteiger charge is -2.36. The van der Waals surface area contributed by atoms with Crippen molar-refractivity contribution in [2.24, 2.45) is 0 Å². The summed E-state index contributed by atoms with van der Waals surface area (Å²) < 4.78 is 5.10. The zero-order chi connectivity index (χ0) is 22.4. The highest BCUT2D eigenvalue weighted by Crippen LogP contribution is 2.40. The molecule has 2 aromatic rings. The highest BCUT2D eigenvalue weighted by atomic mass is 16.6. The summed E-state index contributed by atoms with van der Waals surface area (Å²) in [6.45, 7) is 9.05. The molecule has 168 valence electrons. The smallest absolute Gasteiger partial charge is 0.415 e. The van der Waals surface area contributed by atoms with Gasteiger partial charge in [0.25, 0.3) is 5.91 Å². The molecule has 0 N–H and O–H groups in total. The molecular weight excluding hydrogens is 406 g/mol. The fourth-order valence-corrected chi connectivity index (χ4v) is 4.61. The summed E-state index contributed by atoms with van der Waals surface area (Å²) in [7, 11) is 0. The van der Waals surface area contributed by atoms with Gasteiger partial charge in [-0.3, -0.25) is 9.69 Å². The molecule has 1 aliphatic carbocycles. The average Bonchev–Trinajstić information content (AvgIpc) is 3.59. The summed E-state index contributed by atoms with van der Waals surface area (Å²) in [6.07, 6.45) is 5.75. The van der Waals surface area contributed by atoms with Gasteiger partial charge < -0.3 is 14.5 Å². The topological polar surface area (TPSA) is 78.9 Å². The van der Waals surface area contributed by atoms with Crippen LogP contribution < -0.4 is 9.80 Å². The van der Waals surface area contributed by atoms with Crippen molar-refractivity contribution in [3.63, 3.8) is 0 Å². The minimum absolute atomic E-state index is 0.0300. The van der Waals surface area contributed by atoms with Gasteiger partial charge in [0.2, 0.25) is 0 Å². The van der Waals surface area contributed by atoms with Crippen molar-refractivity contribution in [2.45, 2.75) is 45.6 Å². The van der Waals surface area contributed by atoms with Gasteiger partial charge in [0, 0.05) is 38.6 Å². The van der Waals surface area contributed by atoms with Crippen LogP contribution in [0.15, 0.2) is 24.5 Å².